The van der Waals surface area contributed by atoms with Gasteiger partial charge in [0.05, 0.1) is 19.3 Å². The quantitative estimate of drug-likeness (QED) is 0.780. The molecule has 2 aromatic rings. The highest BCUT2D eigenvalue weighted by Gasteiger charge is 2.14. The molecule has 0 saturated carbocycles. The van der Waals surface area contributed by atoms with Gasteiger partial charge in [0, 0.05) is 0 Å². The van der Waals surface area contributed by atoms with Gasteiger partial charge in [-0.2, -0.15) is 0 Å². The topological polar surface area (TPSA) is 35.5 Å². The summed E-state index contributed by atoms with van der Waals surface area (Å²) in [6, 6.07) is 15.5. The standard InChI is InChI=1S/C17H18O3/c1-3-20-17(18)16-12-15(19-2)10-9-14(16)11-13-7-5-4-6-8-13/h4-10,12H,3,11H2,1-2H3. The first-order chi connectivity index (χ1) is 9.74. The van der Waals surface area contributed by atoms with E-state index < -0.39 is 0 Å². The number of rotatable bonds is 5. The van der Waals surface area contributed by atoms with Crippen LogP contribution in [0.5, 0.6) is 5.75 Å². The van der Waals surface area contributed by atoms with E-state index in [1.54, 1.807) is 20.1 Å². The van der Waals surface area contributed by atoms with Crippen molar-refractivity contribution in [2.24, 2.45) is 0 Å². The lowest BCUT2D eigenvalue weighted by molar-refractivity contribution is 0.0525. The van der Waals surface area contributed by atoms with E-state index in [0.29, 0.717) is 24.3 Å². The van der Waals surface area contributed by atoms with Crippen LogP contribution in [0.1, 0.15) is 28.4 Å². The van der Waals surface area contributed by atoms with Crippen molar-refractivity contribution in [1.29, 1.82) is 0 Å². The Morgan fingerprint density at radius 1 is 1.10 bits per heavy atom. The third-order valence-corrected chi connectivity index (χ3v) is 3.05. The zero-order valence-electron chi connectivity index (χ0n) is 11.8. The first kappa shape index (κ1) is 14.1. The molecule has 0 aromatic heterocycles. The van der Waals surface area contributed by atoms with Crippen LogP contribution in [0.4, 0.5) is 0 Å². The number of esters is 1. The fraction of sp³-hybridized carbons (Fsp3) is 0.235. The van der Waals surface area contributed by atoms with Gasteiger partial charge in [0.25, 0.3) is 0 Å². The van der Waals surface area contributed by atoms with Gasteiger partial charge >= 0.3 is 5.97 Å². The number of carbonyl (C=O) groups excluding carboxylic acids is 1. The molecule has 20 heavy (non-hydrogen) atoms. The molecule has 3 nitrogen and oxygen atoms in total. The highest BCUT2D eigenvalue weighted by molar-refractivity contribution is 5.91. The maximum Gasteiger partial charge on any atom is 0.338 e. The minimum Gasteiger partial charge on any atom is -0.497 e. The summed E-state index contributed by atoms with van der Waals surface area (Å²) in [4.78, 5) is 12.0. The molecule has 2 aromatic carbocycles. The largest absolute Gasteiger partial charge is 0.497 e. The Hall–Kier alpha value is -2.29. The van der Waals surface area contributed by atoms with Crippen molar-refractivity contribution < 1.29 is 14.3 Å². The van der Waals surface area contributed by atoms with Crippen molar-refractivity contribution in [3.05, 3.63) is 65.2 Å². The molecular formula is C17H18O3. The third kappa shape index (κ3) is 3.38. The van der Waals surface area contributed by atoms with Crippen molar-refractivity contribution in [3.8, 4) is 5.75 Å². The molecular weight excluding hydrogens is 252 g/mol. The van der Waals surface area contributed by atoms with Crippen LogP contribution in [-0.4, -0.2) is 19.7 Å². The molecule has 0 saturated heterocycles. The normalized spacial score (nSPS) is 10.1. The number of benzene rings is 2. The fourth-order valence-electron chi connectivity index (χ4n) is 2.05. The van der Waals surface area contributed by atoms with Crippen molar-refractivity contribution >= 4 is 5.97 Å². The van der Waals surface area contributed by atoms with Gasteiger partial charge in [-0.25, -0.2) is 4.79 Å². The van der Waals surface area contributed by atoms with E-state index in [9.17, 15) is 4.79 Å². The van der Waals surface area contributed by atoms with Gasteiger partial charge in [-0.1, -0.05) is 36.4 Å². The van der Waals surface area contributed by atoms with E-state index in [0.717, 1.165) is 11.1 Å². The second-order valence-electron chi connectivity index (χ2n) is 4.41. The summed E-state index contributed by atoms with van der Waals surface area (Å²) in [5, 5.41) is 0. The molecule has 0 N–H and O–H groups in total. The van der Waals surface area contributed by atoms with Crippen LogP contribution in [0, 0.1) is 0 Å². The molecule has 0 heterocycles. The van der Waals surface area contributed by atoms with Crippen LogP contribution in [0.25, 0.3) is 0 Å². The summed E-state index contributed by atoms with van der Waals surface area (Å²) in [6.45, 7) is 2.16. The second kappa shape index (κ2) is 6.75. The Bertz CT molecular complexity index is 576. The number of carbonyl (C=O) groups is 1. The van der Waals surface area contributed by atoms with Crippen LogP contribution in [0.2, 0.25) is 0 Å². The molecule has 0 spiro atoms. The van der Waals surface area contributed by atoms with Gasteiger partial charge in [-0.3, -0.25) is 0 Å². The minimum absolute atomic E-state index is 0.308. The first-order valence-electron chi connectivity index (χ1n) is 6.62. The predicted octanol–water partition coefficient (Wildman–Crippen LogP) is 3.46. The molecule has 104 valence electrons. The average molecular weight is 270 g/mol. The zero-order valence-corrected chi connectivity index (χ0v) is 11.8. The van der Waals surface area contributed by atoms with Gasteiger partial charge in [0.2, 0.25) is 0 Å². The lowest BCUT2D eigenvalue weighted by Crippen LogP contribution is -2.09. The highest BCUT2D eigenvalue weighted by Crippen LogP contribution is 2.21. The molecule has 0 amide bonds. The molecule has 0 aliphatic carbocycles. The third-order valence-electron chi connectivity index (χ3n) is 3.05. The first-order valence-corrected chi connectivity index (χ1v) is 6.62. The highest BCUT2D eigenvalue weighted by atomic mass is 16.5. The maximum absolute atomic E-state index is 12.0. The van der Waals surface area contributed by atoms with E-state index in [1.807, 2.05) is 42.5 Å². The van der Waals surface area contributed by atoms with E-state index in [1.165, 1.54) is 0 Å². The zero-order chi connectivity index (χ0) is 14.4. The monoisotopic (exact) mass is 270 g/mol. The van der Waals surface area contributed by atoms with Gasteiger partial charge < -0.3 is 9.47 Å². The van der Waals surface area contributed by atoms with E-state index in [-0.39, 0.29) is 5.97 Å². The van der Waals surface area contributed by atoms with E-state index in [4.69, 9.17) is 9.47 Å². The van der Waals surface area contributed by atoms with Gasteiger partial charge in [0.15, 0.2) is 0 Å². The Kier molecular flexibility index (Phi) is 4.77. The lowest BCUT2D eigenvalue weighted by Gasteiger charge is -2.11. The molecule has 2 rings (SSSR count). The molecule has 3 heteroatoms. The average Bonchev–Trinajstić information content (AvgIpc) is 2.49. The SMILES string of the molecule is CCOC(=O)c1cc(OC)ccc1Cc1ccccc1. The molecule has 0 radical (unpaired) electrons. The molecule has 0 aliphatic heterocycles. The van der Waals surface area contributed by atoms with Gasteiger partial charge in [0.1, 0.15) is 5.75 Å². The van der Waals surface area contributed by atoms with Crippen molar-refractivity contribution in [3.63, 3.8) is 0 Å². The van der Waals surface area contributed by atoms with Crippen LogP contribution >= 0.6 is 0 Å². The number of methoxy groups -OCH3 is 1. The van der Waals surface area contributed by atoms with Crippen molar-refractivity contribution in [2.45, 2.75) is 13.3 Å². The van der Waals surface area contributed by atoms with Gasteiger partial charge in [-0.15, -0.1) is 0 Å². The summed E-state index contributed by atoms with van der Waals surface area (Å²) < 4.78 is 10.3. The molecule has 0 atom stereocenters. The Balaban J connectivity index is 2.33. The summed E-state index contributed by atoms with van der Waals surface area (Å²) >= 11 is 0. The van der Waals surface area contributed by atoms with Crippen molar-refractivity contribution in [1.82, 2.24) is 0 Å². The molecule has 0 bridgehead atoms. The van der Waals surface area contributed by atoms with E-state index in [2.05, 4.69) is 0 Å². The molecule has 0 fully saturated rings. The van der Waals surface area contributed by atoms with Crippen LogP contribution in [0.15, 0.2) is 48.5 Å². The van der Waals surface area contributed by atoms with Gasteiger partial charge in [-0.05, 0) is 36.6 Å². The van der Waals surface area contributed by atoms with E-state index >= 15 is 0 Å². The van der Waals surface area contributed by atoms with Crippen LogP contribution in [-0.2, 0) is 11.2 Å². The smallest absolute Gasteiger partial charge is 0.338 e. The Morgan fingerprint density at radius 3 is 2.50 bits per heavy atom. The summed E-state index contributed by atoms with van der Waals surface area (Å²) in [5.41, 5.74) is 2.66. The number of ether oxygens (including phenoxy) is 2. The van der Waals surface area contributed by atoms with Crippen molar-refractivity contribution in [2.75, 3.05) is 13.7 Å². The lowest BCUT2D eigenvalue weighted by atomic mass is 9.99. The van der Waals surface area contributed by atoms with Crippen LogP contribution < -0.4 is 4.74 Å². The molecule has 0 unspecified atom stereocenters. The number of hydrogen-bond donors (Lipinski definition) is 0. The Labute approximate surface area is 119 Å². The maximum atomic E-state index is 12.0. The minimum atomic E-state index is -0.308. The fourth-order valence-corrected chi connectivity index (χ4v) is 2.05. The Morgan fingerprint density at radius 2 is 1.85 bits per heavy atom. The van der Waals surface area contributed by atoms with Crippen LogP contribution in [0.3, 0.4) is 0 Å². The summed E-state index contributed by atoms with van der Waals surface area (Å²) in [5.74, 6) is 0.349. The summed E-state index contributed by atoms with van der Waals surface area (Å²) in [7, 11) is 1.58. The second-order valence-corrected chi connectivity index (χ2v) is 4.41. The molecule has 0 aliphatic rings. The predicted molar refractivity (Wildman–Crippen MR) is 78.2 cm³/mol. The number of hydrogen-bond acceptors (Lipinski definition) is 3. The summed E-state index contributed by atoms with van der Waals surface area (Å²) in [6.07, 6.45) is 0.693.